The summed E-state index contributed by atoms with van der Waals surface area (Å²) in [6.45, 7) is 0. The van der Waals surface area contributed by atoms with Gasteiger partial charge in [-0.15, -0.1) is 0 Å². The molecule has 0 spiro atoms. The number of hydrogen-bond donors (Lipinski definition) is 1. The molecule has 0 amide bonds. The zero-order valence-corrected chi connectivity index (χ0v) is 8.24. The number of nitrogens with zero attached hydrogens (tertiary/aromatic N) is 1. The van der Waals surface area contributed by atoms with Gasteiger partial charge in [-0.05, 0) is 25.0 Å². The van der Waals surface area contributed by atoms with Gasteiger partial charge in [0.25, 0.3) is 5.56 Å². The van der Waals surface area contributed by atoms with Crippen LogP contribution in [0.3, 0.4) is 0 Å². The zero-order valence-electron chi connectivity index (χ0n) is 8.24. The van der Waals surface area contributed by atoms with Crippen molar-refractivity contribution >= 4 is 0 Å². The highest BCUT2D eigenvalue weighted by molar-refractivity contribution is 5.16. The minimum Gasteiger partial charge on any atom is -0.379 e. The van der Waals surface area contributed by atoms with Crippen molar-refractivity contribution in [3.63, 3.8) is 0 Å². The summed E-state index contributed by atoms with van der Waals surface area (Å²) < 4.78 is 38.0. The van der Waals surface area contributed by atoms with Crippen LogP contribution >= 0.6 is 0 Å². The lowest BCUT2D eigenvalue weighted by molar-refractivity contribution is -0.207. The van der Waals surface area contributed by atoms with Crippen molar-refractivity contribution in [3.05, 3.63) is 34.2 Å². The third kappa shape index (κ3) is 1.97. The molecule has 1 unspecified atom stereocenters. The maximum Gasteiger partial charge on any atom is 0.418 e. The second-order valence-electron chi connectivity index (χ2n) is 3.85. The van der Waals surface area contributed by atoms with Crippen molar-refractivity contribution in [2.24, 2.45) is 0 Å². The number of aliphatic hydroxyl groups is 1. The van der Waals surface area contributed by atoms with Crippen molar-refractivity contribution in [1.29, 1.82) is 0 Å². The molecule has 0 radical (unpaired) electrons. The molecule has 0 saturated heterocycles. The fraction of sp³-hybridized carbons (Fsp3) is 0.500. The Labute approximate surface area is 89.1 Å². The van der Waals surface area contributed by atoms with Crippen LogP contribution < -0.4 is 5.56 Å². The summed E-state index contributed by atoms with van der Waals surface area (Å²) in [7, 11) is 0. The molecule has 3 nitrogen and oxygen atoms in total. The first-order chi connectivity index (χ1) is 7.41. The highest BCUT2D eigenvalue weighted by Gasteiger charge is 2.41. The van der Waals surface area contributed by atoms with Crippen LogP contribution in [-0.2, 0) is 0 Å². The van der Waals surface area contributed by atoms with Gasteiger partial charge in [0.05, 0.1) is 5.56 Å². The largest absolute Gasteiger partial charge is 0.418 e. The highest BCUT2D eigenvalue weighted by Crippen LogP contribution is 2.35. The lowest BCUT2D eigenvalue weighted by Crippen LogP contribution is -2.30. The Balaban J connectivity index is 2.42. The molecule has 0 bridgehead atoms. The normalized spacial score (nSPS) is 18.5. The van der Waals surface area contributed by atoms with Crippen LogP contribution in [0.4, 0.5) is 13.2 Å². The molecule has 6 heteroatoms. The van der Waals surface area contributed by atoms with Gasteiger partial charge in [-0.25, -0.2) is 0 Å². The van der Waals surface area contributed by atoms with Crippen molar-refractivity contribution in [2.45, 2.75) is 31.2 Å². The minimum absolute atomic E-state index is 0.00659. The number of hydrogen-bond acceptors (Lipinski definition) is 2. The van der Waals surface area contributed by atoms with E-state index in [1.165, 1.54) is 16.8 Å². The Morgan fingerprint density at radius 3 is 2.56 bits per heavy atom. The van der Waals surface area contributed by atoms with Crippen LogP contribution in [0.15, 0.2) is 23.1 Å². The van der Waals surface area contributed by atoms with Gasteiger partial charge in [0.2, 0.25) is 0 Å². The fourth-order valence-electron chi connectivity index (χ4n) is 1.55. The van der Waals surface area contributed by atoms with Gasteiger partial charge >= 0.3 is 6.18 Å². The highest BCUT2D eigenvalue weighted by atomic mass is 19.4. The third-order valence-electron chi connectivity index (χ3n) is 2.55. The number of rotatable bonds is 2. The van der Waals surface area contributed by atoms with Crippen LogP contribution in [0.25, 0.3) is 0 Å². The molecule has 1 heterocycles. The summed E-state index contributed by atoms with van der Waals surface area (Å²) in [5.74, 6) is 0. The number of halogens is 3. The summed E-state index contributed by atoms with van der Waals surface area (Å²) >= 11 is 0. The smallest absolute Gasteiger partial charge is 0.379 e. The fourth-order valence-corrected chi connectivity index (χ4v) is 1.55. The first-order valence-corrected chi connectivity index (χ1v) is 4.87. The number of aliphatic hydroxyl groups excluding tert-OH is 1. The van der Waals surface area contributed by atoms with Crippen LogP contribution in [0.2, 0.25) is 0 Å². The predicted octanol–water partition coefficient (Wildman–Crippen LogP) is 1.78. The number of aromatic nitrogens is 1. The quantitative estimate of drug-likeness (QED) is 0.846. The Morgan fingerprint density at radius 2 is 2.06 bits per heavy atom. The molecule has 1 N–H and O–H groups in total. The Bertz CT molecular complexity index is 448. The first kappa shape index (κ1) is 11.2. The molecular weight excluding hydrogens is 223 g/mol. The van der Waals surface area contributed by atoms with Gasteiger partial charge in [-0.2, -0.15) is 13.2 Å². The molecule has 0 aliphatic heterocycles. The van der Waals surface area contributed by atoms with E-state index in [2.05, 4.69) is 0 Å². The van der Waals surface area contributed by atoms with Gasteiger partial charge in [-0.1, -0.05) is 0 Å². The molecule has 16 heavy (non-hydrogen) atoms. The molecule has 2 rings (SSSR count). The number of pyridine rings is 1. The van der Waals surface area contributed by atoms with E-state index in [4.69, 9.17) is 5.11 Å². The van der Waals surface area contributed by atoms with E-state index < -0.39 is 23.4 Å². The maximum absolute atomic E-state index is 12.3. The van der Waals surface area contributed by atoms with E-state index in [1.807, 2.05) is 0 Å². The zero-order chi connectivity index (χ0) is 11.9. The SMILES string of the molecule is O=c1c(C(O)C(F)(F)F)cccn1C1CC1. The summed E-state index contributed by atoms with van der Waals surface area (Å²) in [5.41, 5.74) is -1.36. The molecule has 1 aliphatic rings. The average Bonchev–Trinajstić information content (AvgIpc) is 2.99. The van der Waals surface area contributed by atoms with E-state index in [-0.39, 0.29) is 6.04 Å². The molecule has 1 atom stereocenters. The molecule has 88 valence electrons. The van der Waals surface area contributed by atoms with E-state index in [0.29, 0.717) is 0 Å². The van der Waals surface area contributed by atoms with Gasteiger partial charge < -0.3 is 9.67 Å². The van der Waals surface area contributed by atoms with Crippen LogP contribution in [0, 0.1) is 0 Å². The van der Waals surface area contributed by atoms with Crippen LogP contribution in [0.1, 0.15) is 30.6 Å². The van der Waals surface area contributed by atoms with E-state index in [0.717, 1.165) is 18.9 Å². The third-order valence-corrected chi connectivity index (χ3v) is 2.55. The Kier molecular flexibility index (Phi) is 2.53. The topological polar surface area (TPSA) is 42.2 Å². The molecule has 1 aromatic heterocycles. The van der Waals surface area contributed by atoms with Gasteiger partial charge in [0, 0.05) is 12.2 Å². The van der Waals surface area contributed by atoms with Crippen LogP contribution in [0.5, 0.6) is 0 Å². The first-order valence-electron chi connectivity index (χ1n) is 4.87. The molecule has 0 aromatic carbocycles. The maximum atomic E-state index is 12.3. The predicted molar refractivity (Wildman–Crippen MR) is 50.0 cm³/mol. The van der Waals surface area contributed by atoms with Crippen molar-refractivity contribution in [2.75, 3.05) is 0 Å². The molecule has 1 saturated carbocycles. The van der Waals surface area contributed by atoms with Gasteiger partial charge in [0.15, 0.2) is 6.10 Å². The molecule has 1 fully saturated rings. The molecule has 1 aromatic rings. The second-order valence-corrected chi connectivity index (χ2v) is 3.85. The average molecular weight is 233 g/mol. The number of alkyl halides is 3. The monoisotopic (exact) mass is 233 g/mol. The van der Waals surface area contributed by atoms with Crippen molar-refractivity contribution in [3.8, 4) is 0 Å². The van der Waals surface area contributed by atoms with Crippen LogP contribution in [-0.4, -0.2) is 15.8 Å². The summed E-state index contributed by atoms with van der Waals surface area (Å²) in [4.78, 5) is 11.6. The lowest BCUT2D eigenvalue weighted by Gasteiger charge is -2.15. The van der Waals surface area contributed by atoms with E-state index >= 15 is 0 Å². The summed E-state index contributed by atoms with van der Waals surface area (Å²) in [5, 5.41) is 9.03. The summed E-state index contributed by atoms with van der Waals surface area (Å²) in [6, 6.07) is 2.36. The Hall–Kier alpha value is -1.30. The molecule has 1 aliphatic carbocycles. The van der Waals surface area contributed by atoms with Crippen molar-refractivity contribution < 1.29 is 18.3 Å². The standard InChI is InChI=1S/C10H10F3NO2/c11-10(12,13)8(15)7-2-1-5-14(9(7)16)6-3-4-6/h1-2,5-6,8,15H,3-4H2. The van der Waals surface area contributed by atoms with Gasteiger partial charge in [0.1, 0.15) is 0 Å². The summed E-state index contributed by atoms with van der Waals surface area (Å²) in [6.07, 6.45) is -4.46. The van der Waals surface area contributed by atoms with E-state index in [9.17, 15) is 18.0 Å². The van der Waals surface area contributed by atoms with E-state index in [1.54, 1.807) is 0 Å². The lowest BCUT2D eigenvalue weighted by atomic mass is 10.1. The van der Waals surface area contributed by atoms with Gasteiger partial charge in [-0.3, -0.25) is 4.79 Å². The van der Waals surface area contributed by atoms with Crippen molar-refractivity contribution in [1.82, 2.24) is 4.57 Å². The Morgan fingerprint density at radius 1 is 1.44 bits per heavy atom. The second kappa shape index (κ2) is 3.62. The minimum atomic E-state index is -4.80. The molecular formula is C10H10F3NO2.